The first kappa shape index (κ1) is 13.1. The number of nitrogens with zero attached hydrogens (tertiary/aromatic N) is 3. The molecule has 5 heteroatoms. The number of aryl methyl sites for hydroxylation is 1. The van der Waals surface area contributed by atoms with Gasteiger partial charge in [-0.3, -0.25) is 9.67 Å². The molecule has 0 bridgehead atoms. The quantitative estimate of drug-likeness (QED) is 0.645. The van der Waals surface area contributed by atoms with E-state index in [1.54, 1.807) is 7.05 Å². The Balaban J connectivity index is 2.22. The van der Waals surface area contributed by atoms with Crippen molar-refractivity contribution in [2.75, 3.05) is 14.1 Å². The second-order valence-electron chi connectivity index (χ2n) is 4.22. The van der Waals surface area contributed by atoms with E-state index in [0.29, 0.717) is 6.54 Å². The van der Waals surface area contributed by atoms with Gasteiger partial charge in [0, 0.05) is 45.0 Å². The molecular formula is C14H19N5. The Morgan fingerprint density at radius 1 is 1.32 bits per heavy atom. The number of guanidine groups is 1. The van der Waals surface area contributed by atoms with Crippen LogP contribution in [0, 0.1) is 0 Å². The molecule has 1 aromatic carbocycles. The molecule has 0 spiro atoms. The summed E-state index contributed by atoms with van der Waals surface area (Å²) in [5.74, 6) is 0.767. The highest BCUT2D eigenvalue weighted by molar-refractivity contribution is 5.79. The Kier molecular flexibility index (Phi) is 4.18. The van der Waals surface area contributed by atoms with E-state index in [0.717, 1.165) is 22.8 Å². The molecular weight excluding hydrogens is 238 g/mol. The lowest BCUT2D eigenvalue weighted by atomic mass is 10.1. The summed E-state index contributed by atoms with van der Waals surface area (Å²) in [6.45, 7) is 0.686. The lowest BCUT2D eigenvalue weighted by molar-refractivity contribution is 0.768. The average molecular weight is 257 g/mol. The Hall–Kier alpha value is -2.30. The Morgan fingerprint density at radius 3 is 2.68 bits per heavy atom. The van der Waals surface area contributed by atoms with Gasteiger partial charge in [0.1, 0.15) is 0 Å². The zero-order valence-corrected chi connectivity index (χ0v) is 11.5. The lowest BCUT2D eigenvalue weighted by Crippen LogP contribution is -2.34. The summed E-state index contributed by atoms with van der Waals surface area (Å²) < 4.78 is 1.83. The van der Waals surface area contributed by atoms with Crippen LogP contribution in [0.2, 0.25) is 0 Å². The number of nitrogens with one attached hydrogen (secondary N) is 2. The standard InChI is InChI=1S/C14H19N5/c1-15-14(16-2)17-9-12-10-19(3)18-13(12)11-7-5-4-6-8-11/h4-8,10H,9H2,1-3H3,(H2,15,16,17). The van der Waals surface area contributed by atoms with Crippen molar-refractivity contribution >= 4 is 5.96 Å². The number of rotatable bonds is 3. The first-order valence-electron chi connectivity index (χ1n) is 6.21. The van der Waals surface area contributed by atoms with Crippen LogP contribution in [0.4, 0.5) is 0 Å². The van der Waals surface area contributed by atoms with Gasteiger partial charge in [-0.25, -0.2) is 0 Å². The van der Waals surface area contributed by atoms with E-state index in [2.05, 4.69) is 32.9 Å². The SMILES string of the molecule is CN=C(NC)NCc1cn(C)nc1-c1ccccc1. The Bertz CT molecular complexity index is 556. The van der Waals surface area contributed by atoms with Crippen LogP contribution < -0.4 is 10.6 Å². The number of aromatic nitrogens is 2. The maximum Gasteiger partial charge on any atom is 0.190 e. The van der Waals surface area contributed by atoms with Gasteiger partial charge in [0.05, 0.1) is 5.69 Å². The molecule has 0 aliphatic heterocycles. The maximum atomic E-state index is 4.53. The summed E-state index contributed by atoms with van der Waals surface area (Å²) >= 11 is 0. The summed E-state index contributed by atoms with van der Waals surface area (Å²) in [7, 11) is 5.53. The number of hydrogen-bond acceptors (Lipinski definition) is 2. The largest absolute Gasteiger partial charge is 0.359 e. The fourth-order valence-electron chi connectivity index (χ4n) is 1.96. The Labute approximate surface area is 113 Å². The molecule has 2 rings (SSSR count). The van der Waals surface area contributed by atoms with E-state index in [9.17, 15) is 0 Å². The molecule has 1 aromatic heterocycles. The van der Waals surface area contributed by atoms with Gasteiger partial charge in [-0.2, -0.15) is 5.10 Å². The molecule has 0 radical (unpaired) electrons. The van der Waals surface area contributed by atoms with Gasteiger partial charge in [-0.1, -0.05) is 30.3 Å². The molecule has 2 N–H and O–H groups in total. The zero-order valence-electron chi connectivity index (χ0n) is 11.5. The van der Waals surface area contributed by atoms with Crippen LogP contribution in [0.5, 0.6) is 0 Å². The minimum absolute atomic E-state index is 0.686. The predicted octanol–water partition coefficient (Wildman–Crippen LogP) is 1.38. The molecule has 0 unspecified atom stereocenters. The first-order valence-corrected chi connectivity index (χ1v) is 6.21. The molecule has 0 aliphatic rings. The van der Waals surface area contributed by atoms with E-state index in [1.807, 2.05) is 43.2 Å². The fourth-order valence-corrected chi connectivity index (χ4v) is 1.96. The van der Waals surface area contributed by atoms with Crippen LogP contribution in [0.1, 0.15) is 5.56 Å². The fraction of sp³-hybridized carbons (Fsp3) is 0.286. The molecule has 0 saturated heterocycles. The first-order chi connectivity index (χ1) is 9.24. The van der Waals surface area contributed by atoms with Crippen molar-refractivity contribution in [1.29, 1.82) is 0 Å². The zero-order chi connectivity index (χ0) is 13.7. The van der Waals surface area contributed by atoms with Crippen molar-refractivity contribution in [2.45, 2.75) is 6.54 Å². The summed E-state index contributed by atoms with van der Waals surface area (Å²) in [5.41, 5.74) is 3.27. The van der Waals surface area contributed by atoms with Gasteiger partial charge in [0.15, 0.2) is 5.96 Å². The third-order valence-electron chi connectivity index (χ3n) is 2.86. The van der Waals surface area contributed by atoms with Crippen molar-refractivity contribution in [1.82, 2.24) is 20.4 Å². The molecule has 0 amide bonds. The average Bonchev–Trinajstić information content (AvgIpc) is 2.82. The molecule has 2 aromatic rings. The smallest absolute Gasteiger partial charge is 0.190 e. The molecule has 5 nitrogen and oxygen atoms in total. The second-order valence-corrected chi connectivity index (χ2v) is 4.22. The van der Waals surface area contributed by atoms with Gasteiger partial charge in [0.2, 0.25) is 0 Å². The molecule has 100 valence electrons. The number of hydrogen-bond donors (Lipinski definition) is 2. The molecule has 0 fully saturated rings. The van der Waals surface area contributed by atoms with E-state index in [4.69, 9.17) is 0 Å². The van der Waals surface area contributed by atoms with Gasteiger partial charge in [-0.15, -0.1) is 0 Å². The van der Waals surface area contributed by atoms with E-state index < -0.39 is 0 Å². The second kappa shape index (κ2) is 6.04. The van der Waals surface area contributed by atoms with Crippen LogP contribution in [-0.4, -0.2) is 29.8 Å². The van der Waals surface area contributed by atoms with E-state index >= 15 is 0 Å². The third kappa shape index (κ3) is 3.13. The molecule has 19 heavy (non-hydrogen) atoms. The topological polar surface area (TPSA) is 54.2 Å². The summed E-state index contributed by atoms with van der Waals surface area (Å²) in [5, 5.41) is 10.8. The molecule has 0 atom stereocenters. The summed E-state index contributed by atoms with van der Waals surface area (Å²) in [4.78, 5) is 4.10. The predicted molar refractivity (Wildman–Crippen MR) is 77.9 cm³/mol. The van der Waals surface area contributed by atoms with Crippen LogP contribution >= 0.6 is 0 Å². The van der Waals surface area contributed by atoms with E-state index in [-0.39, 0.29) is 0 Å². The minimum atomic E-state index is 0.686. The Morgan fingerprint density at radius 2 is 2.05 bits per heavy atom. The van der Waals surface area contributed by atoms with E-state index in [1.165, 1.54) is 0 Å². The number of aliphatic imine (C=N–C) groups is 1. The third-order valence-corrected chi connectivity index (χ3v) is 2.86. The van der Waals surface area contributed by atoms with Gasteiger partial charge >= 0.3 is 0 Å². The van der Waals surface area contributed by atoms with Crippen molar-refractivity contribution < 1.29 is 0 Å². The maximum absolute atomic E-state index is 4.53. The minimum Gasteiger partial charge on any atom is -0.359 e. The van der Waals surface area contributed by atoms with Crippen molar-refractivity contribution in [2.24, 2.45) is 12.0 Å². The van der Waals surface area contributed by atoms with Gasteiger partial charge in [-0.05, 0) is 0 Å². The lowest BCUT2D eigenvalue weighted by Gasteiger charge is -2.08. The van der Waals surface area contributed by atoms with Crippen LogP contribution in [0.3, 0.4) is 0 Å². The summed E-state index contributed by atoms with van der Waals surface area (Å²) in [6.07, 6.45) is 2.03. The highest BCUT2D eigenvalue weighted by atomic mass is 15.3. The van der Waals surface area contributed by atoms with Gasteiger partial charge < -0.3 is 10.6 Å². The van der Waals surface area contributed by atoms with Crippen LogP contribution in [0.25, 0.3) is 11.3 Å². The van der Waals surface area contributed by atoms with Crippen LogP contribution in [-0.2, 0) is 13.6 Å². The number of benzene rings is 1. The van der Waals surface area contributed by atoms with Gasteiger partial charge in [0.25, 0.3) is 0 Å². The monoisotopic (exact) mass is 257 g/mol. The molecule has 1 heterocycles. The highest BCUT2D eigenvalue weighted by Crippen LogP contribution is 2.21. The van der Waals surface area contributed by atoms with Crippen LogP contribution in [0.15, 0.2) is 41.5 Å². The normalized spacial score (nSPS) is 11.4. The summed E-state index contributed by atoms with van der Waals surface area (Å²) in [6, 6.07) is 10.2. The van der Waals surface area contributed by atoms with Crippen molar-refractivity contribution in [3.05, 3.63) is 42.1 Å². The highest BCUT2D eigenvalue weighted by Gasteiger charge is 2.09. The molecule has 0 saturated carbocycles. The van der Waals surface area contributed by atoms with Crippen molar-refractivity contribution in [3.63, 3.8) is 0 Å². The van der Waals surface area contributed by atoms with Crippen molar-refractivity contribution in [3.8, 4) is 11.3 Å². The molecule has 0 aliphatic carbocycles.